The molecule has 0 heterocycles. The van der Waals surface area contributed by atoms with E-state index >= 15 is 0 Å². The Morgan fingerprint density at radius 2 is 1.71 bits per heavy atom. The standard InChI is InChI=1S/C16H11F3INO3/c1-24-15(23)12-8-11(20)6-7-13(12)21-14(22)9-2-4-10(5-3-9)16(17,18)19/h2-8H,1H3,(H,21,22). The molecule has 0 aromatic heterocycles. The van der Waals surface area contributed by atoms with Crippen molar-refractivity contribution in [2.45, 2.75) is 6.18 Å². The quantitative estimate of drug-likeness (QED) is 0.560. The molecule has 126 valence electrons. The summed E-state index contributed by atoms with van der Waals surface area (Å²) in [5.74, 6) is -1.26. The molecule has 0 unspecified atom stereocenters. The highest BCUT2D eigenvalue weighted by atomic mass is 127. The fourth-order valence-corrected chi connectivity index (χ4v) is 2.40. The van der Waals surface area contributed by atoms with E-state index in [0.717, 1.165) is 27.8 Å². The van der Waals surface area contributed by atoms with Crippen LogP contribution in [0.2, 0.25) is 0 Å². The number of alkyl halides is 3. The second-order valence-electron chi connectivity index (χ2n) is 4.71. The summed E-state index contributed by atoms with van der Waals surface area (Å²) in [5.41, 5.74) is -0.433. The minimum absolute atomic E-state index is 0.0392. The lowest BCUT2D eigenvalue weighted by molar-refractivity contribution is -0.137. The molecule has 0 spiro atoms. The second-order valence-corrected chi connectivity index (χ2v) is 5.96. The molecule has 0 radical (unpaired) electrons. The molecule has 0 aliphatic rings. The molecular weight excluding hydrogens is 438 g/mol. The Morgan fingerprint density at radius 3 is 2.25 bits per heavy atom. The fraction of sp³-hybridized carbons (Fsp3) is 0.125. The Labute approximate surface area is 149 Å². The number of rotatable bonds is 3. The molecule has 0 saturated carbocycles. The highest BCUT2D eigenvalue weighted by Crippen LogP contribution is 2.29. The van der Waals surface area contributed by atoms with Gasteiger partial charge in [0, 0.05) is 9.13 Å². The van der Waals surface area contributed by atoms with Crippen molar-refractivity contribution in [1.82, 2.24) is 0 Å². The zero-order chi connectivity index (χ0) is 17.9. The molecule has 2 aromatic carbocycles. The Bertz CT molecular complexity index is 773. The van der Waals surface area contributed by atoms with Gasteiger partial charge >= 0.3 is 12.1 Å². The number of nitrogens with one attached hydrogen (secondary N) is 1. The van der Waals surface area contributed by atoms with Crippen LogP contribution in [0.15, 0.2) is 42.5 Å². The van der Waals surface area contributed by atoms with Crippen LogP contribution in [0.25, 0.3) is 0 Å². The molecule has 0 aliphatic carbocycles. The van der Waals surface area contributed by atoms with E-state index in [9.17, 15) is 22.8 Å². The zero-order valence-electron chi connectivity index (χ0n) is 12.3. The van der Waals surface area contributed by atoms with Crippen molar-refractivity contribution in [2.24, 2.45) is 0 Å². The summed E-state index contributed by atoms with van der Waals surface area (Å²) in [7, 11) is 1.21. The minimum atomic E-state index is -4.47. The summed E-state index contributed by atoms with van der Waals surface area (Å²) in [4.78, 5) is 23.9. The first-order valence-electron chi connectivity index (χ1n) is 6.59. The van der Waals surface area contributed by atoms with E-state index in [1.165, 1.54) is 19.2 Å². The number of halogens is 4. The van der Waals surface area contributed by atoms with Crippen molar-refractivity contribution in [2.75, 3.05) is 12.4 Å². The number of esters is 1. The molecular formula is C16H11F3INO3. The van der Waals surface area contributed by atoms with E-state index in [1.807, 2.05) is 22.6 Å². The number of anilines is 1. The van der Waals surface area contributed by atoms with Crippen LogP contribution in [-0.2, 0) is 10.9 Å². The highest BCUT2D eigenvalue weighted by molar-refractivity contribution is 14.1. The van der Waals surface area contributed by atoms with Gasteiger partial charge in [0.25, 0.3) is 5.91 Å². The summed E-state index contributed by atoms with van der Waals surface area (Å²) in [6.07, 6.45) is -4.47. The van der Waals surface area contributed by atoms with Gasteiger partial charge in [-0.3, -0.25) is 4.79 Å². The van der Waals surface area contributed by atoms with Crippen LogP contribution >= 0.6 is 22.6 Å². The van der Waals surface area contributed by atoms with E-state index in [1.54, 1.807) is 6.07 Å². The minimum Gasteiger partial charge on any atom is -0.465 e. The lowest BCUT2D eigenvalue weighted by Gasteiger charge is -2.11. The van der Waals surface area contributed by atoms with Crippen LogP contribution in [0.5, 0.6) is 0 Å². The average Bonchev–Trinajstić information content (AvgIpc) is 2.55. The van der Waals surface area contributed by atoms with Gasteiger partial charge < -0.3 is 10.1 Å². The van der Waals surface area contributed by atoms with Gasteiger partial charge in [0.1, 0.15) is 0 Å². The third-order valence-corrected chi connectivity index (χ3v) is 3.78. The molecule has 8 heteroatoms. The van der Waals surface area contributed by atoms with Crippen LogP contribution < -0.4 is 5.32 Å². The molecule has 4 nitrogen and oxygen atoms in total. The molecule has 0 aliphatic heterocycles. The first kappa shape index (κ1) is 18.2. The van der Waals surface area contributed by atoms with Gasteiger partial charge in [-0.1, -0.05) is 0 Å². The van der Waals surface area contributed by atoms with Crippen molar-refractivity contribution in [3.8, 4) is 0 Å². The third kappa shape index (κ3) is 4.25. The Kier molecular flexibility index (Phi) is 5.47. The van der Waals surface area contributed by atoms with Crippen LogP contribution in [0.4, 0.5) is 18.9 Å². The van der Waals surface area contributed by atoms with Crippen LogP contribution in [0.1, 0.15) is 26.3 Å². The van der Waals surface area contributed by atoms with Crippen molar-refractivity contribution < 1.29 is 27.5 Å². The number of benzene rings is 2. The highest BCUT2D eigenvalue weighted by Gasteiger charge is 2.30. The summed E-state index contributed by atoms with van der Waals surface area (Å²) >= 11 is 2.00. The smallest absolute Gasteiger partial charge is 0.416 e. The van der Waals surface area contributed by atoms with Crippen molar-refractivity contribution in [1.29, 1.82) is 0 Å². The van der Waals surface area contributed by atoms with Gasteiger partial charge in [-0.2, -0.15) is 13.2 Å². The molecule has 24 heavy (non-hydrogen) atoms. The summed E-state index contributed by atoms with van der Waals surface area (Å²) in [6, 6.07) is 8.53. The topological polar surface area (TPSA) is 55.4 Å². The van der Waals surface area contributed by atoms with Gasteiger partial charge in [-0.05, 0) is 65.1 Å². The maximum Gasteiger partial charge on any atom is 0.416 e. The van der Waals surface area contributed by atoms with Crippen LogP contribution in [0, 0.1) is 3.57 Å². The molecule has 2 aromatic rings. The maximum absolute atomic E-state index is 12.5. The molecule has 0 atom stereocenters. The number of hydrogen-bond donors (Lipinski definition) is 1. The summed E-state index contributed by atoms with van der Waals surface area (Å²) in [5, 5.41) is 2.50. The van der Waals surface area contributed by atoms with Crippen LogP contribution in [-0.4, -0.2) is 19.0 Å². The number of carbonyl (C=O) groups is 2. The van der Waals surface area contributed by atoms with E-state index in [0.29, 0.717) is 0 Å². The molecule has 0 bridgehead atoms. The SMILES string of the molecule is COC(=O)c1cc(I)ccc1NC(=O)c1ccc(C(F)(F)F)cc1. The predicted molar refractivity (Wildman–Crippen MR) is 89.9 cm³/mol. The van der Waals surface area contributed by atoms with Gasteiger partial charge in [-0.15, -0.1) is 0 Å². The van der Waals surface area contributed by atoms with Crippen molar-refractivity contribution >= 4 is 40.2 Å². The van der Waals surface area contributed by atoms with Crippen molar-refractivity contribution in [3.05, 3.63) is 62.7 Å². The Hall–Kier alpha value is -2.10. The van der Waals surface area contributed by atoms with Gasteiger partial charge in [0.2, 0.25) is 0 Å². The molecule has 1 amide bonds. The maximum atomic E-state index is 12.5. The van der Waals surface area contributed by atoms with Crippen molar-refractivity contribution in [3.63, 3.8) is 0 Å². The molecule has 2 rings (SSSR count). The normalized spacial score (nSPS) is 11.0. The fourth-order valence-electron chi connectivity index (χ4n) is 1.91. The molecule has 1 N–H and O–H groups in total. The predicted octanol–water partition coefficient (Wildman–Crippen LogP) is 4.35. The van der Waals surface area contributed by atoms with Gasteiger partial charge in [0.05, 0.1) is 23.9 Å². The number of hydrogen-bond acceptors (Lipinski definition) is 3. The largest absolute Gasteiger partial charge is 0.465 e. The van der Waals surface area contributed by atoms with E-state index in [2.05, 4.69) is 10.1 Å². The van der Waals surface area contributed by atoms with Crippen LogP contribution in [0.3, 0.4) is 0 Å². The lowest BCUT2D eigenvalue weighted by atomic mass is 10.1. The number of methoxy groups -OCH3 is 1. The number of ether oxygens (including phenoxy) is 1. The van der Waals surface area contributed by atoms with Gasteiger partial charge in [-0.25, -0.2) is 4.79 Å². The number of carbonyl (C=O) groups excluding carboxylic acids is 2. The molecule has 0 saturated heterocycles. The summed E-state index contributed by atoms with van der Waals surface area (Å²) < 4.78 is 43.0. The average molecular weight is 449 g/mol. The summed E-state index contributed by atoms with van der Waals surface area (Å²) in [6.45, 7) is 0. The monoisotopic (exact) mass is 449 g/mol. The first-order chi connectivity index (χ1) is 11.2. The Morgan fingerprint density at radius 1 is 1.08 bits per heavy atom. The van der Waals surface area contributed by atoms with Gasteiger partial charge in [0.15, 0.2) is 0 Å². The molecule has 0 fully saturated rings. The van der Waals surface area contributed by atoms with E-state index in [-0.39, 0.29) is 16.8 Å². The Balaban J connectivity index is 2.25. The number of amides is 1. The third-order valence-electron chi connectivity index (χ3n) is 3.11. The first-order valence-corrected chi connectivity index (χ1v) is 7.66. The second kappa shape index (κ2) is 7.20. The lowest BCUT2D eigenvalue weighted by Crippen LogP contribution is -2.16. The zero-order valence-corrected chi connectivity index (χ0v) is 14.4. The van der Waals surface area contributed by atoms with E-state index in [4.69, 9.17) is 0 Å². The van der Waals surface area contributed by atoms with E-state index < -0.39 is 23.6 Å².